The largest absolute Gasteiger partial charge is 0.371 e. The van der Waals surface area contributed by atoms with Gasteiger partial charge in [0.1, 0.15) is 5.82 Å². The Labute approximate surface area is 128 Å². The van der Waals surface area contributed by atoms with Crippen LogP contribution in [-0.4, -0.2) is 26.7 Å². The van der Waals surface area contributed by atoms with E-state index < -0.39 is 0 Å². The highest BCUT2D eigenvalue weighted by Crippen LogP contribution is 2.40. The van der Waals surface area contributed by atoms with Crippen molar-refractivity contribution in [2.45, 2.75) is 39.5 Å². The van der Waals surface area contributed by atoms with Crippen molar-refractivity contribution >= 4 is 5.69 Å². The molecule has 2 atom stereocenters. The number of nitrogens with zero attached hydrogens (tertiary/aromatic N) is 1. The zero-order chi connectivity index (χ0) is 15.3. The van der Waals surface area contributed by atoms with E-state index in [1.54, 1.807) is 6.07 Å². The highest BCUT2D eigenvalue weighted by Gasteiger charge is 2.35. The number of halogens is 1. The second-order valence-corrected chi connectivity index (χ2v) is 6.73. The molecule has 1 aliphatic carbocycles. The predicted molar refractivity (Wildman–Crippen MR) is 88.3 cm³/mol. The quantitative estimate of drug-likeness (QED) is 0.850. The number of hydrogen-bond donors (Lipinski definition) is 1. The molecule has 0 radical (unpaired) electrons. The Morgan fingerprint density at radius 3 is 2.86 bits per heavy atom. The third-order valence-corrected chi connectivity index (χ3v) is 4.82. The first-order valence-corrected chi connectivity index (χ1v) is 8.24. The van der Waals surface area contributed by atoms with Crippen LogP contribution in [0.1, 0.15) is 39.5 Å². The van der Waals surface area contributed by atoms with Crippen LogP contribution in [0.5, 0.6) is 0 Å². The maximum Gasteiger partial charge on any atom is 0.125 e. The molecule has 1 N–H and O–H groups in total. The topological polar surface area (TPSA) is 15.3 Å². The minimum Gasteiger partial charge on any atom is -0.371 e. The molecule has 2 nitrogen and oxygen atoms in total. The van der Waals surface area contributed by atoms with Crippen LogP contribution in [0.25, 0.3) is 0 Å². The molecule has 2 unspecified atom stereocenters. The standard InChI is InChI=1S/C18H29FN2/c1-4-21(17-9-5-8-16(19)11-17)14-18(13-20-3)10-6-7-15(2)12-18/h5,8-9,11,15,20H,4,6-7,10,12-14H2,1-3H3. The van der Waals surface area contributed by atoms with E-state index in [1.165, 1.54) is 31.7 Å². The van der Waals surface area contributed by atoms with E-state index >= 15 is 0 Å². The first kappa shape index (κ1) is 16.3. The van der Waals surface area contributed by atoms with E-state index in [4.69, 9.17) is 0 Å². The van der Waals surface area contributed by atoms with Crippen LogP contribution in [0.2, 0.25) is 0 Å². The molecule has 0 aromatic heterocycles. The summed E-state index contributed by atoms with van der Waals surface area (Å²) in [4.78, 5) is 2.33. The van der Waals surface area contributed by atoms with Gasteiger partial charge in [0.2, 0.25) is 0 Å². The summed E-state index contributed by atoms with van der Waals surface area (Å²) < 4.78 is 13.5. The lowest BCUT2D eigenvalue weighted by molar-refractivity contribution is 0.150. The number of benzene rings is 1. The van der Waals surface area contributed by atoms with Gasteiger partial charge in [-0.05, 0) is 50.9 Å². The van der Waals surface area contributed by atoms with Gasteiger partial charge in [-0.2, -0.15) is 0 Å². The lowest BCUT2D eigenvalue weighted by Crippen LogP contribution is -2.46. The Hall–Kier alpha value is -1.09. The van der Waals surface area contributed by atoms with E-state index in [2.05, 4.69) is 24.1 Å². The number of rotatable bonds is 6. The van der Waals surface area contributed by atoms with Gasteiger partial charge in [0, 0.05) is 30.7 Å². The maximum absolute atomic E-state index is 13.5. The smallest absolute Gasteiger partial charge is 0.125 e. The molecule has 3 heteroatoms. The van der Waals surface area contributed by atoms with Crippen LogP contribution < -0.4 is 10.2 Å². The Kier molecular flexibility index (Phi) is 5.63. The minimum absolute atomic E-state index is 0.148. The summed E-state index contributed by atoms with van der Waals surface area (Å²) in [6.45, 7) is 7.50. The molecule has 2 rings (SSSR count). The molecule has 1 aliphatic rings. The molecule has 1 saturated carbocycles. The van der Waals surface area contributed by atoms with Gasteiger partial charge in [-0.1, -0.05) is 25.8 Å². The SMILES string of the molecule is CCN(CC1(CNC)CCCC(C)C1)c1cccc(F)c1. The highest BCUT2D eigenvalue weighted by molar-refractivity contribution is 5.46. The van der Waals surface area contributed by atoms with E-state index in [9.17, 15) is 4.39 Å². The number of hydrogen-bond acceptors (Lipinski definition) is 2. The van der Waals surface area contributed by atoms with Gasteiger partial charge in [-0.25, -0.2) is 4.39 Å². The fourth-order valence-corrected chi connectivity index (χ4v) is 3.97. The van der Waals surface area contributed by atoms with Crippen molar-refractivity contribution in [2.75, 3.05) is 31.6 Å². The summed E-state index contributed by atoms with van der Waals surface area (Å²) in [6.07, 6.45) is 5.19. The molecule has 0 aliphatic heterocycles. The lowest BCUT2D eigenvalue weighted by atomic mass is 9.69. The van der Waals surface area contributed by atoms with Crippen molar-refractivity contribution in [3.05, 3.63) is 30.1 Å². The molecular formula is C18H29FN2. The van der Waals surface area contributed by atoms with Crippen molar-refractivity contribution in [3.63, 3.8) is 0 Å². The average molecular weight is 292 g/mol. The Morgan fingerprint density at radius 2 is 2.24 bits per heavy atom. The molecular weight excluding hydrogens is 263 g/mol. The zero-order valence-electron chi connectivity index (χ0n) is 13.7. The summed E-state index contributed by atoms with van der Waals surface area (Å²) in [5.74, 6) is 0.643. The predicted octanol–water partition coefficient (Wildman–Crippen LogP) is 4.07. The summed E-state index contributed by atoms with van der Waals surface area (Å²) in [5.41, 5.74) is 1.32. The van der Waals surface area contributed by atoms with Crippen molar-refractivity contribution < 1.29 is 4.39 Å². The molecule has 1 fully saturated rings. The Morgan fingerprint density at radius 1 is 1.43 bits per heavy atom. The Bertz CT molecular complexity index is 445. The fraction of sp³-hybridized carbons (Fsp3) is 0.667. The summed E-state index contributed by atoms with van der Waals surface area (Å²) in [6, 6.07) is 7.00. The van der Waals surface area contributed by atoms with E-state index in [0.29, 0.717) is 5.41 Å². The maximum atomic E-state index is 13.5. The molecule has 0 bridgehead atoms. The summed E-state index contributed by atoms with van der Waals surface area (Å²) in [7, 11) is 2.04. The fourth-order valence-electron chi connectivity index (χ4n) is 3.97. The second kappa shape index (κ2) is 7.26. The second-order valence-electron chi connectivity index (χ2n) is 6.73. The molecule has 0 heterocycles. The van der Waals surface area contributed by atoms with Crippen molar-refractivity contribution in [1.82, 2.24) is 5.32 Å². The van der Waals surface area contributed by atoms with Gasteiger partial charge in [-0.15, -0.1) is 0 Å². The lowest BCUT2D eigenvalue weighted by Gasteiger charge is -2.44. The van der Waals surface area contributed by atoms with Gasteiger partial charge in [0.25, 0.3) is 0 Å². The van der Waals surface area contributed by atoms with E-state index in [-0.39, 0.29) is 5.82 Å². The average Bonchev–Trinajstić information content (AvgIpc) is 2.45. The molecule has 1 aromatic rings. The van der Waals surface area contributed by atoms with Crippen LogP contribution in [0.4, 0.5) is 10.1 Å². The van der Waals surface area contributed by atoms with E-state index in [0.717, 1.165) is 31.2 Å². The minimum atomic E-state index is -0.148. The molecule has 1 aromatic carbocycles. The van der Waals surface area contributed by atoms with Gasteiger partial charge >= 0.3 is 0 Å². The Balaban J connectivity index is 2.17. The van der Waals surface area contributed by atoms with Crippen molar-refractivity contribution in [3.8, 4) is 0 Å². The van der Waals surface area contributed by atoms with Crippen molar-refractivity contribution in [2.24, 2.45) is 11.3 Å². The number of anilines is 1. The number of nitrogens with one attached hydrogen (secondary N) is 1. The molecule has 21 heavy (non-hydrogen) atoms. The van der Waals surface area contributed by atoms with E-state index in [1.807, 2.05) is 19.2 Å². The third-order valence-electron chi connectivity index (χ3n) is 4.82. The first-order chi connectivity index (χ1) is 10.1. The zero-order valence-corrected chi connectivity index (χ0v) is 13.7. The van der Waals surface area contributed by atoms with Crippen LogP contribution in [-0.2, 0) is 0 Å². The van der Waals surface area contributed by atoms with Crippen LogP contribution in [0, 0.1) is 17.2 Å². The molecule has 0 spiro atoms. The highest BCUT2D eigenvalue weighted by atomic mass is 19.1. The van der Waals surface area contributed by atoms with Crippen LogP contribution >= 0.6 is 0 Å². The molecule has 0 amide bonds. The molecule has 0 saturated heterocycles. The van der Waals surface area contributed by atoms with Gasteiger partial charge < -0.3 is 10.2 Å². The van der Waals surface area contributed by atoms with Gasteiger partial charge in [0.05, 0.1) is 0 Å². The van der Waals surface area contributed by atoms with Crippen LogP contribution in [0.3, 0.4) is 0 Å². The normalized spacial score (nSPS) is 25.8. The molecule has 118 valence electrons. The van der Waals surface area contributed by atoms with Gasteiger partial charge in [-0.3, -0.25) is 0 Å². The van der Waals surface area contributed by atoms with Gasteiger partial charge in [0.15, 0.2) is 0 Å². The van der Waals surface area contributed by atoms with Crippen LogP contribution in [0.15, 0.2) is 24.3 Å². The monoisotopic (exact) mass is 292 g/mol. The summed E-state index contributed by atoms with van der Waals surface area (Å²) >= 11 is 0. The third kappa shape index (κ3) is 4.19. The first-order valence-electron chi connectivity index (χ1n) is 8.24. The van der Waals surface area contributed by atoms with Crippen molar-refractivity contribution in [1.29, 1.82) is 0 Å². The summed E-state index contributed by atoms with van der Waals surface area (Å²) in [5, 5.41) is 3.39.